The molecule has 3 nitrogen and oxygen atoms in total. The Morgan fingerprint density at radius 3 is 2.38 bits per heavy atom. The number of hydrogen-bond acceptors (Lipinski definition) is 3. The third-order valence-corrected chi connectivity index (χ3v) is 3.58. The van der Waals surface area contributed by atoms with Crippen LogP contribution in [0.1, 0.15) is 31.9 Å². The minimum atomic E-state index is -0.0149. The van der Waals surface area contributed by atoms with E-state index in [1.165, 1.54) is 0 Å². The van der Waals surface area contributed by atoms with Crippen molar-refractivity contribution in [2.45, 2.75) is 32.7 Å². The number of rotatable bonds is 4. The van der Waals surface area contributed by atoms with Crippen molar-refractivity contribution in [1.82, 2.24) is 5.43 Å². The SMILES string of the molecule is CC(C)(C)c1cc(Cl)c(O)c(CNNc2ccccc2)c1. The Labute approximate surface area is 130 Å². The highest BCUT2D eigenvalue weighted by Crippen LogP contribution is 2.33. The van der Waals surface area contributed by atoms with Crippen molar-refractivity contribution < 1.29 is 5.11 Å². The summed E-state index contributed by atoms with van der Waals surface area (Å²) in [6.45, 7) is 6.84. The van der Waals surface area contributed by atoms with Gasteiger partial charge in [0.15, 0.2) is 0 Å². The average molecular weight is 305 g/mol. The zero-order valence-electron chi connectivity index (χ0n) is 12.6. The molecular weight excluding hydrogens is 284 g/mol. The number of hydrazine groups is 1. The summed E-state index contributed by atoms with van der Waals surface area (Å²) in [5, 5.41) is 10.5. The smallest absolute Gasteiger partial charge is 0.138 e. The van der Waals surface area contributed by atoms with Gasteiger partial charge >= 0.3 is 0 Å². The zero-order chi connectivity index (χ0) is 15.5. The van der Waals surface area contributed by atoms with Crippen molar-refractivity contribution in [2.75, 3.05) is 5.43 Å². The van der Waals surface area contributed by atoms with Crippen LogP contribution in [0.4, 0.5) is 5.69 Å². The number of phenols is 1. The average Bonchev–Trinajstić information content (AvgIpc) is 2.43. The van der Waals surface area contributed by atoms with E-state index in [2.05, 4.69) is 31.6 Å². The largest absolute Gasteiger partial charge is 0.506 e. The normalized spacial score (nSPS) is 11.4. The molecular formula is C17H21ClN2O. The highest BCUT2D eigenvalue weighted by atomic mass is 35.5. The number of para-hydroxylation sites is 1. The van der Waals surface area contributed by atoms with Crippen LogP contribution >= 0.6 is 11.6 Å². The van der Waals surface area contributed by atoms with Crippen molar-refractivity contribution in [2.24, 2.45) is 0 Å². The molecule has 0 bridgehead atoms. The molecule has 0 radical (unpaired) electrons. The maximum Gasteiger partial charge on any atom is 0.138 e. The van der Waals surface area contributed by atoms with Gasteiger partial charge < -0.3 is 10.5 Å². The van der Waals surface area contributed by atoms with E-state index in [-0.39, 0.29) is 11.2 Å². The summed E-state index contributed by atoms with van der Waals surface area (Å²) in [6.07, 6.45) is 0. The molecule has 2 aromatic rings. The maximum atomic E-state index is 10.1. The maximum absolute atomic E-state index is 10.1. The molecule has 0 aromatic heterocycles. The second-order valence-electron chi connectivity index (χ2n) is 6.06. The molecule has 0 aliphatic heterocycles. The number of aromatic hydroxyl groups is 1. The predicted molar refractivity (Wildman–Crippen MR) is 88.7 cm³/mol. The molecule has 0 fully saturated rings. The monoisotopic (exact) mass is 304 g/mol. The standard InChI is InChI=1S/C17H21ClN2O/c1-17(2,3)13-9-12(16(21)15(18)10-13)11-19-20-14-7-5-4-6-8-14/h4-10,19-21H,11H2,1-3H3. The van der Waals surface area contributed by atoms with Gasteiger partial charge in [-0.2, -0.15) is 0 Å². The number of nitrogens with one attached hydrogen (secondary N) is 2. The van der Waals surface area contributed by atoms with Crippen LogP contribution in [0.25, 0.3) is 0 Å². The summed E-state index contributed by atoms with van der Waals surface area (Å²) in [5.74, 6) is 0.132. The molecule has 0 aliphatic carbocycles. The lowest BCUT2D eigenvalue weighted by molar-refractivity contribution is 0.464. The summed E-state index contributed by atoms with van der Waals surface area (Å²) >= 11 is 6.12. The summed E-state index contributed by atoms with van der Waals surface area (Å²) < 4.78 is 0. The van der Waals surface area contributed by atoms with Gasteiger partial charge in [0.2, 0.25) is 0 Å². The second-order valence-corrected chi connectivity index (χ2v) is 6.47. The molecule has 0 heterocycles. The fourth-order valence-electron chi connectivity index (χ4n) is 1.99. The summed E-state index contributed by atoms with van der Waals surface area (Å²) in [7, 11) is 0. The van der Waals surface area contributed by atoms with E-state index in [0.29, 0.717) is 11.6 Å². The minimum absolute atomic E-state index is 0.0149. The molecule has 112 valence electrons. The Morgan fingerprint density at radius 1 is 1.10 bits per heavy atom. The Bertz CT molecular complexity index is 606. The van der Waals surface area contributed by atoms with Crippen molar-refractivity contribution in [1.29, 1.82) is 0 Å². The van der Waals surface area contributed by atoms with Crippen LogP contribution < -0.4 is 10.9 Å². The van der Waals surface area contributed by atoms with E-state index >= 15 is 0 Å². The van der Waals surface area contributed by atoms with Crippen molar-refractivity contribution in [3.8, 4) is 5.75 Å². The fourth-order valence-corrected chi connectivity index (χ4v) is 2.23. The van der Waals surface area contributed by atoms with E-state index in [9.17, 15) is 5.11 Å². The molecule has 3 N–H and O–H groups in total. The van der Waals surface area contributed by atoms with Crippen molar-refractivity contribution in [3.63, 3.8) is 0 Å². The van der Waals surface area contributed by atoms with Gasteiger partial charge in [-0.15, -0.1) is 0 Å². The van der Waals surface area contributed by atoms with E-state index in [0.717, 1.165) is 16.8 Å². The molecule has 2 rings (SSSR count). The molecule has 0 saturated carbocycles. The van der Waals surface area contributed by atoms with Crippen LogP contribution in [-0.4, -0.2) is 5.11 Å². The first-order valence-electron chi connectivity index (χ1n) is 6.94. The van der Waals surface area contributed by atoms with Crippen LogP contribution in [-0.2, 0) is 12.0 Å². The van der Waals surface area contributed by atoms with Gasteiger partial charge in [0.25, 0.3) is 0 Å². The number of benzene rings is 2. The lowest BCUT2D eigenvalue weighted by atomic mass is 9.86. The van der Waals surface area contributed by atoms with Gasteiger partial charge in [-0.3, -0.25) is 0 Å². The van der Waals surface area contributed by atoms with E-state index in [1.807, 2.05) is 42.5 Å². The van der Waals surface area contributed by atoms with E-state index in [4.69, 9.17) is 11.6 Å². The Hall–Kier alpha value is -1.71. The van der Waals surface area contributed by atoms with Crippen LogP contribution in [0, 0.1) is 0 Å². The first-order valence-corrected chi connectivity index (χ1v) is 7.31. The number of halogens is 1. The van der Waals surface area contributed by atoms with Gasteiger partial charge in [0, 0.05) is 17.8 Å². The first-order chi connectivity index (χ1) is 9.88. The first kappa shape index (κ1) is 15.7. The summed E-state index contributed by atoms with van der Waals surface area (Å²) in [5.41, 5.74) is 9.02. The molecule has 0 atom stereocenters. The summed E-state index contributed by atoms with van der Waals surface area (Å²) in [6, 6.07) is 13.6. The Balaban J connectivity index is 2.11. The topological polar surface area (TPSA) is 44.3 Å². The zero-order valence-corrected chi connectivity index (χ0v) is 13.3. The Kier molecular flexibility index (Phi) is 4.76. The third-order valence-electron chi connectivity index (χ3n) is 3.29. The molecule has 21 heavy (non-hydrogen) atoms. The van der Waals surface area contributed by atoms with E-state index in [1.54, 1.807) is 0 Å². The van der Waals surface area contributed by atoms with Crippen LogP contribution in [0.2, 0.25) is 5.02 Å². The van der Waals surface area contributed by atoms with Crippen LogP contribution in [0.15, 0.2) is 42.5 Å². The lowest BCUT2D eigenvalue weighted by Crippen LogP contribution is -2.21. The lowest BCUT2D eigenvalue weighted by Gasteiger charge is -2.21. The molecule has 0 unspecified atom stereocenters. The van der Waals surface area contributed by atoms with Crippen molar-refractivity contribution >= 4 is 17.3 Å². The molecule has 2 aromatic carbocycles. The molecule has 4 heteroatoms. The van der Waals surface area contributed by atoms with Crippen LogP contribution in [0.5, 0.6) is 5.75 Å². The van der Waals surface area contributed by atoms with E-state index < -0.39 is 0 Å². The number of hydrogen-bond donors (Lipinski definition) is 3. The Morgan fingerprint density at radius 2 is 1.76 bits per heavy atom. The van der Waals surface area contributed by atoms with Gasteiger partial charge in [0.05, 0.1) is 5.02 Å². The number of anilines is 1. The molecule has 0 spiro atoms. The third kappa shape index (κ3) is 4.13. The molecule has 0 aliphatic rings. The predicted octanol–water partition coefficient (Wildman–Crippen LogP) is 4.46. The van der Waals surface area contributed by atoms with Gasteiger partial charge in [-0.05, 0) is 29.2 Å². The van der Waals surface area contributed by atoms with Crippen molar-refractivity contribution in [3.05, 3.63) is 58.6 Å². The highest BCUT2D eigenvalue weighted by Gasteiger charge is 2.17. The minimum Gasteiger partial charge on any atom is -0.506 e. The molecule has 0 amide bonds. The fraction of sp³-hybridized carbons (Fsp3) is 0.294. The van der Waals surface area contributed by atoms with Gasteiger partial charge in [-0.1, -0.05) is 56.6 Å². The van der Waals surface area contributed by atoms with Gasteiger partial charge in [0.1, 0.15) is 5.75 Å². The quantitative estimate of drug-likeness (QED) is 0.731. The van der Waals surface area contributed by atoms with Gasteiger partial charge in [-0.25, -0.2) is 5.43 Å². The number of phenolic OH excluding ortho intramolecular Hbond substituents is 1. The van der Waals surface area contributed by atoms with Crippen LogP contribution in [0.3, 0.4) is 0 Å². The second kappa shape index (κ2) is 6.37. The molecule has 0 saturated heterocycles. The summed E-state index contributed by atoms with van der Waals surface area (Å²) in [4.78, 5) is 0. The highest BCUT2D eigenvalue weighted by molar-refractivity contribution is 6.32.